The van der Waals surface area contributed by atoms with Crippen LogP contribution in [0.1, 0.15) is 37.3 Å². The number of aromatic hydroxyl groups is 2. The summed E-state index contributed by atoms with van der Waals surface area (Å²) in [6.07, 6.45) is 1.44. The smallest absolute Gasteiger partial charge is 0.141 e. The van der Waals surface area contributed by atoms with Crippen LogP contribution in [0, 0.1) is 0 Å². The Labute approximate surface area is 105 Å². The van der Waals surface area contributed by atoms with Crippen LogP contribution in [0.4, 0.5) is 0 Å². The highest BCUT2D eigenvalue weighted by Crippen LogP contribution is 2.33. The number of rotatable bonds is 4. The van der Waals surface area contributed by atoms with Crippen molar-refractivity contribution >= 4 is 0 Å². The fraction of sp³-hybridized carbons (Fsp3) is 0.333. The Bertz CT molecular complexity index is 493. The Hall–Kier alpha value is -2.08. The highest BCUT2D eigenvalue weighted by atomic mass is 16.3. The number of nitrogens with zero attached hydrogens (tertiary/aromatic N) is 2. The Balaban J connectivity index is 2.15. The van der Waals surface area contributed by atoms with Gasteiger partial charge in [0.15, 0.2) is 0 Å². The van der Waals surface area contributed by atoms with Crippen molar-refractivity contribution in [2.75, 3.05) is 0 Å². The minimum absolute atomic E-state index is 0.0680. The van der Waals surface area contributed by atoms with E-state index < -0.39 is 0 Å². The Morgan fingerprint density at radius 3 is 2.39 bits per heavy atom. The molecule has 1 aromatic heterocycles. The van der Waals surface area contributed by atoms with Gasteiger partial charge in [0.2, 0.25) is 0 Å². The molecule has 18 heavy (non-hydrogen) atoms. The van der Waals surface area contributed by atoms with E-state index in [1.165, 1.54) is 6.33 Å². The predicted octanol–water partition coefficient (Wildman–Crippen LogP) is 1.63. The average Bonchev–Trinajstić information content (AvgIpc) is 2.81. The lowest BCUT2D eigenvalue weighted by molar-refractivity contribution is 0.403. The lowest BCUT2D eigenvalue weighted by Crippen LogP contribution is -2.23. The summed E-state index contributed by atoms with van der Waals surface area (Å²) in [5.41, 5.74) is 0.476. The van der Waals surface area contributed by atoms with Gasteiger partial charge in [-0.05, 0) is 26.0 Å². The Kier molecular flexibility index (Phi) is 3.47. The fourth-order valence-electron chi connectivity index (χ4n) is 1.95. The Morgan fingerprint density at radius 1 is 1.17 bits per heavy atom. The second-order valence-electron chi connectivity index (χ2n) is 4.19. The molecule has 6 nitrogen and oxygen atoms in total. The maximum Gasteiger partial charge on any atom is 0.141 e. The molecule has 0 aliphatic heterocycles. The normalized spacial score (nSPS) is 14.3. The first kappa shape index (κ1) is 12.4. The molecule has 2 unspecified atom stereocenters. The van der Waals surface area contributed by atoms with Crippen molar-refractivity contribution in [2.45, 2.75) is 25.9 Å². The maximum atomic E-state index is 9.77. The van der Waals surface area contributed by atoms with Gasteiger partial charge in [-0.15, -0.1) is 0 Å². The summed E-state index contributed by atoms with van der Waals surface area (Å²) >= 11 is 0. The van der Waals surface area contributed by atoms with Crippen LogP contribution < -0.4 is 5.32 Å². The summed E-state index contributed by atoms with van der Waals surface area (Å²) in [6.45, 7) is 3.79. The SMILES string of the molecule is CC(NC(C)c1c(O)cccc1O)c1ncn[nH]1. The molecule has 0 saturated carbocycles. The molecule has 0 bridgehead atoms. The van der Waals surface area contributed by atoms with Gasteiger partial charge in [0.25, 0.3) is 0 Å². The van der Waals surface area contributed by atoms with Crippen molar-refractivity contribution in [3.8, 4) is 11.5 Å². The zero-order valence-electron chi connectivity index (χ0n) is 10.3. The second kappa shape index (κ2) is 5.05. The molecule has 2 rings (SSSR count). The van der Waals surface area contributed by atoms with Crippen molar-refractivity contribution in [1.82, 2.24) is 20.5 Å². The van der Waals surface area contributed by atoms with E-state index in [-0.39, 0.29) is 23.6 Å². The van der Waals surface area contributed by atoms with Gasteiger partial charge in [-0.1, -0.05) is 6.07 Å². The van der Waals surface area contributed by atoms with E-state index in [2.05, 4.69) is 20.5 Å². The lowest BCUT2D eigenvalue weighted by Gasteiger charge is -2.20. The molecule has 1 aromatic carbocycles. The molecule has 2 atom stereocenters. The first-order valence-corrected chi connectivity index (χ1v) is 5.71. The Morgan fingerprint density at radius 2 is 1.83 bits per heavy atom. The van der Waals surface area contributed by atoms with Gasteiger partial charge in [-0.3, -0.25) is 5.10 Å². The number of nitrogens with one attached hydrogen (secondary N) is 2. The van der Waals surface area contributed by atoms with Crippen LogP contribution in [-0.2, 0) is 0 Å². The van der Waals surface area contributed by atoms with Gasteiger partial charge in [-0.25, -0.2) is 4.98 Å². The fourth-order valence-corrected chi connectivity index (χ4v) is 1.95. The minimum Gasteiger partial charge on any atom is -0.507 e. The van der Waals surface area contributed by atoms with Crippen LogP contribution in [0.3, 0.4) is 0 Å². The van der Waals surface area contributed by atoms with Gasteiger partial charge in [0.1, 0.15) is 23.7 Å². The first-order chi connectivity index (χ1) is 8.59. The predicted molar refractivity (Wildman–Crippen MR) is 66.1 cm³/mol. The van der Waals surface area contributed by atoms with E-state index in [0.29, 0.717) is 11.4 Å². The average molecular weight is 248 g/mol. The van der Waals surface area contributed by atoms with Crippen LogP contribution in [0.25, 0.3) is 0 Å². The van der Waals surface area contributed by atoms with Crippen LogP contribution in [0.5, 0.6) is 11.5 Å². The van der Waals surface area contributed by atoms with E-state index in [0.717, 1.165) is 0 Å². The molecule has 0 saturated heterocycles. The molecule has 6 heteroatoms. The molecule has 2 aromatic rings. The molecule has 96 valence electrons. The summed E-state index contributed by atoms with van der Waals surface area (Å²) in [5.74, 6) is 0.844. The van der Waals surface area contributed by atoms with Gasteiger partial charge >= 0.3 is 0 Å². The van der Waals surface area contributed by atoms with E-state index >= 15 is 0 Å². The minimum atomic E-state index is -0.216. The van der Waals surface area contributed by atoms with E-state index in [4.69, 9.17) is 0 Å². The van der Waals surface area contributed by atoms with Crippen molar-refractivity contribution in [2.24, 2.45) is 0 Å². The zero-order valence-corrected chi connectivity index (χ0v) is 10.3. The number of hydrogen-bond acceptors (Lipinski definition) is 5. The number of phenols is 2. The van der Waals surface area contributed by atoms with Crippen LogP contribution >= 0.6 is 0 Å². The lowest BCUT2D eigenvalue weighted by atomic mass is 10.0. The molecule has 4 N–H and O–H groups in total. The van der Waals surface area contributed by atoms with Gasteiger partial charge < -0.3 is 15.5 Å². The van der Waals surface area contributed by atoms with Gasteiger partial charge in [0.05, 0.1) is 11.6 Å². The van der Waals surface area contributed by atoms with E-state index in [1.807, 2.05) is 13.8 Å². The molecule has 0 spiro atoms. The molecular formula is C12H16N4O2. The second-order valence-corrected chi connectivity index (χ2v) is 4.19. The molecule has 0 aliphatic rings. The summed E-state index contributed by atoms with van der Waals surface area (Å²) in [6, 6.07) is 4.41. The topological polar surface area (TPSA) is 94.1 Å². The summed E-state index contributed by atoms with van der Waals surface area (Å²) < 4.78 is 0. The van der Waals surface area contributed by atoms with E-state index in [9.17, 15) is 10.2 Å². The molecular weight excluding hydrogens is 232 g/mol. The zero-order chi connectivity index (χ0) is 13.1. The van der Waals surface area contributed by atoms with Crippen LogP contribution in [-0.4, -0.2) is 25.4 Å². The third-order valence-corrected chi connectivity index (χ3v) is 2.84. The number of phenolic OH excluding ortho intramolecular Hbond substituents is 2. The van der Waals surface area contributed by atoms with Crippen molar-refractivity contribution in [1.29, 1.82) is 0 Å². The van der Waals surface area contributed by atoms with Crippen molar-refractivity contribution in [3.05, 3.63) is 35.9 Å². The molecule has 0 amide bonds. The first-order valence-electron chi connectivity index (χ1n) is 5.71. The summed E-state index contributed by atoms with van der Waals surface area (Å²) in [4.78, 5) is 4.05. The number of benzene rings is 1. The number of hydrogen-bond donors (Lipinski definition) is 4. The van der Waals surface area contributed by atoms with Crippen LogP contribution in [0.15, 0.2) is 24.5 Å². The third kappa shape index (κ3) is 2.43. The monoisotopic (exact) mass is 248 g/mol. The highest BCUT2D eigenvalue weighted by Gasteiger charge is 2.18. The largest absolute Gasteiger partial charge is 0.507 e. The number of H-pyrrole nitrogens is 1. The maximum absolute atomic E-state index is 9.77. The van der Waals surface area contributed by atoms with Crippen molar-refractivity contribution < 1.29 is 10.2 Å². The summed E-state index contributed by atoms with van der Waals surface area (Å²) in [5, 5.41) is 29.3. The number of aromatic amines is 1. The molecule has 0 aliphatic carbocycles. The summed E-state index contributed by atoms with van der Waals surface area (Å²) in [7, 11) is 0. The van der Waals surface area contributed by atoms with Crippen LogP contribution in [0.2, 0.25) is 0 Å². The molecule has 1 heterocycles. The molecule has 0 fully saturated rings. The number of aromatic nitrogens is 3. The van der Waals surface area contributed by atoms with Gasteiger partial charge in [-0.2, -0.15) is 5.10 Å². The van der Waals surface area contributed by atoms with Gasteiger partial charge in [0, 0.05) is 6.04 Å². The highest BCUT2D eigenvalue weighted by molar-refractivity contribution is 5.44. The van der Waals surface area contributed by atoms with E-state index in [1.54, 1.807) is 18.2 Å². The van der Waals surface area contributed by atoms with Crippen molar-refractivity contribution in [3.63, 3.8) is 0 Å². The third-order valence-electron chi connectivity index (χ3n) is 2.84. The standard InChI is InChI=1S/C12H16N4O2/c1-7(11-9(17)4-3-5-10(11)18)15-8(2)12-13-6-14-16-12/h3-8,15,17-18H,1-2H3,(H,13,14,16). The quantitative estimate of drug-likeness (QED) is 0.659. The molecule has 0 radical (unpaired) electrons.